The van der Waals surface area contributed by atoms with Crippen LogP contribution in [-0.4, -0.2) is 24.6 Å². The summed E-state index contributed by atoms with van der Waals surface area (Å²) in [4.78, 5) is 12.5. The zero-order valence-electron chi connectivity index (χ0n) is 15.4. The predicted molar refractivity (Wildman–Crippen MR) is 96.0 cm³/mol. The number of rotatable bonds is 4. The van der Waals surface area contributed by atoms with E-state index < -0.39 is 32.8 Å². The first-order valence-corrected chi connectivity index (χ1v) is 9.61. The molecule has 2 aromatic rings. The van der Waals surface area contributed by atoms with Gasteiger partial charge < -0.3 is 9.88 Å². The van der Waals surface area contributed by atoms with E-state index in [1.807, 2.05) is 20.8 Å². The van der Waals surface area contributed by atoms with Crippen molar-refractivity contribution in [3.8, 4) is 0 Å². The Morgan fingerprint density at radius 1 is 1.19 bits per heavy atom. The number of sulfone groups is 1. The fourth-order valence-electron chi connectivity index (χ4n) is 2.58. The Labute approximate surface area is 151 Å². The van der Waals surface area contributed by atoms with Crippen molar-refractivity contribution in [1.29, 1.82) is 0 Å². The summed E-state index contributed by atoms with van der Waals surface area (Å²) in [5, 5.41) is 2.46. The van der Waals surface area contributed by atoms with E-state index in [9.17, 15) is 22.0 Å². The maximum absolute atomic E-state index is 13.5. The number of carbonyl (C=O) groups is 1. The van der Waals surface area contributed by atoms with E-state index in [1.165, 1.54) is 29.8 Å². The monoisotopic (exact) mass is 384 g/mol. The molecule has 0 bridgehead atoms. The quantitative estimate of drug-likeness (QED) is 0.874. The van der Waals surface area contributed by atoms with Crippen molar-refractivity contribution in [3.63, 3.8) is 0 Å². The van der Waals surface area contributed by atoms with Crippen LogP contribution >= 0.6 is 0 Å². The summed E-state index contributed by atoms with van der Waals surface area (Å²) in [5.41, 5.74) is -0.188. The Morgan fingerprint density at radius 3 is 2.35 bits per heavy atom. The molecule has 1 N–H and O–H groups in total. The largest absolute Gasteiger partial charge is 0.345 e. The van der Waals surface area contributed by atoms with Crippen LogP contribution in [0, 0.1) is 24.0 Å². The summed E-state index contributed by atoms with van der Waals surface area (Å²) in [6, 6.07) is 3.46. The number of nitrogens with one attached hydrogen (secondary N) is 1. The maximum Gasteiger partial charge on any atom is 0.272 e. The normalized spacial score (nSPS) is 12.3. The van der Waals surface area contributed by atoms with E-state index in [1.54, 1.807) is 7.05 Å². The van der Waals surface area contributed by atoms with E-state index in [0.29, 0.717) is 0 Å². The molecule has 0 aliphatic rings. The summed E-state index contributed by atoms with van der Waals surface area (Å²) in [6.07, 6.45) is 1.37. The number of aryl methyl sites for hydroxylation is 2. The Hall–Kier alpha value is -2.22. The van der Waals surface area contributed by atoms with E-state index in [-0.39, 0.29) is 27.6 Å². The summed E-state index contributed by atoms with van der Waals surface area (Å²) >= 11 is 0. The number of aromatic nitrogens is 1. The van der Waals surface area contributed by atoms with E-state index in [2.05, 4.69) is 5.32 Å². The van der Waals surface area contributed by atoms with Gasteiger partial charge >= 0.3 is 0 Å². The SMILES string of the molecule is Cc1cc(NC(=O)c2cc(S(=O)(=O)CC(C)(C)C)cn2C)cc(F)c1F. The Bertz CT molecular complexity index is 934. The average Bonchev–Trinajstić information content (AvgIpc) is 2.85. The van der Waals surface area contributed by atoms with Gasteiger partial charge in [-0.1, -0.05) is 20.8 Å². The van der Waals surface area contributed by atoms with Gasteiger partial charge in [0.15, 0.2) is 21.5 Å². The minimum atomic E-state index is -3.56. The van der Waals surface area contributed by atoms with Crippen LogP contribution in [0.2, 0.25) is 0 Å². The van der Waals surface area contributed by atoms with Gasteiger partial charge in [0.05, 0.1) is 10.6 Å². The molecular formula is C18H22F2N2O3S. The lowest BCUT2D eigenvalue weighted by Gasteiger charge is -2.17. The highest BCUT2D eigenvalue weighted by Crippen LogP contribution is 2.24. The van der Waals surface area contributed by atoms with E-state index >= 15 is 0 Å². The van der Waals surface area contributed by atoms with Crippen LogP contribution in [0.4, 0.5) is 14.5 Å². The molecule has 0 saturated carbocycles. The van der Waals surface area contributed by atoms with Gasteiger partial charge in [0.2, 0.25) is 0 Å². The molecule has 0 atom stereocenters. The number of hydrogen-bond donors (Lipinski definition) is 1. The molecule has 1 heterocycles. The molecule has 1 amide bonds. The van der Waals surface area contributed by atoms with Crippen molar-refractivity contribution in [3.05, 3.63) is 47.3 Å². The van der Waals surface area contributed by atoms with Crippen LogP contribution in [0.3, 0.4) is 0 Å². The second-order valence-electron chi connectivity index (χ2n) is 7.53. The molecule has 0 saturated heterocycles. The molecule has 1 aromatic carbocycles. The molecule has 0 radical (unpaired) electrons. The van der Waals surface area contributed by atoms with Crippen LogP contribution in [-0.2, 0) is 16.9 Å². The maximum atomic E-state index is 13.5. The van der Waals surface area contributed by atoms with Gasteiger partial charge in [-0.25, -0.2) is 17.2 Å². The molecule has 26 heavy (non-hydrogen) atoms. The highest BCUT2D eigenvalue weighted by molar-refractivity contribution is 7.91. The molecule has 0 aliphatic carbocycles. The molecule has 8 heteroatoms. The molecule has 0 fully saturated rings. The molecule has 2 rings (SSSR count). The number of anilines is 1. The first kappa shape index (κ1) is 20.1. The average molecular weight is 384 g/mol. The lowest BCUT2D eigenvalue weighted by Crippen LogP contribution is -2.20. The number of nitrogens with zero attached hydrogens (tertiary/aromatic N) is 1. The first-order valence-electron chi connectivity index (χ1n) is 7.96. The second kappa shape index (κ2) is 6.83. The third-order valence-corrected chi connectivity index (χ3v) is 5.85. The third-order valence-electron chi connectivity index (χ3n) is 3.66. The molecule has 142 valence electrons. The van der Waals surface area contributed by atoms with Gasteiger partial charge in [-0.3, -0.25) is 4.79 Å². The molecule has 1 aromatic heterocycles. The standard InChI is InChI=1S/C18H22F2N2O3S/c1-11-6-12(7-14(19)16(11)20)21-17(23)15-8-13(9-22(15)5)26(24,25)10-18(2,3)4/h6-9H,10H2,1-5H3,(H,21,23). The van der Waals surface area contributed by atoms with Crippen molar-refractivity contribution >= 4 is 21.4 Å². The highest BCUT2D eigenvalue weighted by atomic mass is 32.2. The molecule has 0 spiro atoms. The number of benzene rings is 1. The Balaban J connectivity index is 2.30. The topological polar surface area (TPSA) is 68.2 Å². The van der Waals surface area contributed by atoms with Gasteiger partial charge in [-0.2, -0.15) is 0 Å². The lowest BCUT2D eigenvalue weighted by molar-refractivity contribution is 0.101. The van der Waals surface area contributed by atoms with Gasteiger partial charge in [0.25, 0.3) is 5.91 Å². The van der Waals surface area contributed by atoms with E-state index in [0.717, 1.165) is 6.07 Å². The number of hydrogen-bond acceptors (Lipinski definition) is 3. The zero-order chi connectivity index (χ0) is 19.9. The summed E-state index contributed by atoms with van der Waals surface area (Å²) in [6.45, 7) is 6.82. The Morgan fingerprint density at radius 2 is 1.81 bits per heavy atom. The molecule has 5 nitrogen and oxygen atoms in total. The lowest BCUT2D eigenvalue weighted by atomic mass is 10.0. The minimum absolute atomic E-state index is 0.0431. The fraction of sp³-hybridized carbons (Fsp3) is 0.389. The third kappa shape index (κ3) is 4.49. The van der Waals surface area contributed by atoms with Gasteiger partial charge in [-0.15, -0.1) is 0 Å². The fourth-order valence-corrected chi connectivity index (χ4v) is 4.49. The van der Waals surface area contributed by atoms with Crippen molar-refractivity contribution in [2.24, 2.45) is 12.5 Å². The summed E-state index contributed by atoms with van der Waals surface area (Å²) in [5.74, 6) is -2.72. The molecule has 0 aliphatic heterocycles. The smallest absolute Gasteiger partial charge is 0.272 e. The number of amides is 1. The second-order valence-corrected chi connectivity index (χ2v) is 9.52. The first-order chi connectivity index (χ1) is 11.8. The highest BCUT2D eigenvalue weighted by Gasteiger charge is 2.26. The summed E-state index contributed by atoms with van der Waals surface area (Å²) < 4.78 is 53.2. The predicted octanol–water partition coefficient (Wildman–Crippen LogP) is 3.68. The van der Waals surface area contributed by atoms with Crippen LogP contribution in [0.25, 0.3) is 0 Å². The van der Waals surface area contributed by atoms with Crippen LogP contribution in [0.5, 0.6) is 0 Å². The van der Waals surface area contributed by atoms with Gasteiger partial charge in [0, 0.05) is 25.0 Å². The van der Waals surface area contributed by atoms with Gasteiger partial charge in [0.1, 0.15) is 5.69 Å². The molecular weight excluding hydrogens is 362 g/mol. The van der Waals surface area contributed by atoms with Crippen molar-refractivity contribution in [1.82, 2.24) is 4.57 Å². The number of halogens is 2. The minimum Gasteiger partial charge on any atom is -0.345 e. The Kier molecular flexibility index (Phi) is 5.28. The van der Waals surface area contributed by atoms with Crippen molar-refractivity contribution in [2.75, 3.05) is 11.1 Å². The van der Waals surface area contributed by atoms with Crippen LogP contribution < -0.4 is 5.32 Å². The van der Waals surface area contributed by atoms with Crippen molar-refractivity contribution in [2.45, 2.75) is 32.6 Å². The molecule has 0 unspecified atom stereocenters. The van der Waals surface area contributed by atoms with E-state index in [4.69, 9.17) is 0 Å². The zero-order valence-corrected chi connectivity index (χ0v) is 16.2. The van der Waals surface area contributed by atoms with Crippen LogP contribution in [0.1, 0.15) is 36.8 Å². The van der Waals surface area contributed by atoms with Crippen molar-refractivity contribution < 1.29 is 22.0 Å². The van der Waals surface area contributed by atoms with Crippen LogP contribution in [0.15, 0.2) is 29.3 Å². The van der Waals surface area contributed by atoms with Gasteiger partial charge in [-0.05, 0) is 30.0 Å². The summed E-state index contributed by atoms with van der Waals surface area (Å²) in [7, 11) is -2.01. The number of carbonyl (C=O) groups excluding carboxylic acids is 1.